The summed E-state index contributed by atoms with van der Waals surface area (Å²) in [5.74, 6) is -0.668. The van der Waals surface area contributed by atoms with E-state index in [-0.39, 0.29) is 11.1 Å². The first-order valence-corrected chi connectivity index (χ1v) is 5.98. The van der Waals surface area contributed by atoms with Crippen molar-refractivity contribution in [3.05, 3.63) is 11.8 Å². The third-order valence-electron chi connectivity index (χ3n) is 1.67. The molecule has 0 unspecified atom stereocenters. The summed E-state index contributed by atoms with van der Waals surface area (Å²) in [6.45, 7) is 5.83. The Hall–Kier alpha value is -1.30. The van der Waals surface area contributed by atoms with Gasteiger partial charge in [-0.1, -0.05) is 11.8 Å². The fourth-order valence-electron chi connectivity index (χ4n) is 1.07. The zero-order valence-electron chi connectivity index (χ0n) is 9.74. The highest BCUT2D eigenvalue weighted by atomic mass is 32.2. The van der Waals surface area contributed by atoms with Crippen LogP contribution >= 0.6 is 11.8 Å². The molecule has 0 aliphatic rings. The van der Waals surface area contributed by atoms with Crippen LogP contribution in [0.5, 0.6) is 0 Å². The van der Waals surface area contributed by atoms with Gasteiger partial charge in [-0.2, -0.15) is 0 Å². The predicted molar refractivity (Wildman–Crippen MR) is 64.1 cm³/mol. The first-order chi connectivity index (χ1) is 7.33. The van der Waals surface area contributed by atoms with Gasteiger partial charge in [-0.3, -0.25) is 0 Å². The van der Waals surface area contributed by atoms with E-state index in [9.17, 15) is 4.79 Å². The van der Waals surface area contributed by atoms with Crippen LogP contribution in [0.3, 0.4) is 0 Å². The molecular weight excluding hydrogens is 226 g/mol. The standard InChI is InChI=1S/C10H15N3O2S/c1-10(2,3)13-7-6(8(14)15)5-11-9(12-7)16-4/h5H,1-4H3,(H,14,15)(H,11,12,13). The molecule has 1 rings (SSSR count). The molecule has 0 aliphatic heterocycles. The van der Waals surface area contributed by atoms with E-state index in [1.165, 1.54) is 18.0 Å². The number of hydrogen-bond donors (Lipinski definition) is 2. The number of aromatic carboxylic acids is 1. The number of carbonyl (C=O) groups is 1. The fraction of sp³-hybridized carbons (Fsp3) is 0.500. The van der Waals surface area contributed by atoms with Crippen molar-refractivity contribution in [2.24, 2.45) is 0 Å². The first kappa shape index (κ1) is 12.8. The lowest BCUT2D eigenvalue weighted by Gasteiger charge is -2.22. The van der Waals surface area contributed by atoms with Gasteiger partial charge in [0.2, 0.25) is 0 Å². The van der Waals surface area contributed by atoms with E-state index >= 15 is 0 Å². The minimum absolute atomic E-state index is 0.0905. The number of nitrogens with zero attached hydrogens (tertiary/aromatic N) is 2. The lowest BCUT2D eigenvalue weighted by Crippen LogP contribution is -2.28. The number of carboxylic acid groups (broad SMARTS) is 1. The molecule has 2 N–H and O–H groups in total. The Morgan fingerprint density at radius 2 is 2.12 bits per heavy atom. The van der Waals surface area contributed by atoms with Crippen LogP contribution in [0.4, 0.5) is 5.82 Å². The summed E-state index contributed by atoms with van der Waals surface area (Å²) >= 11 is 1.37. The van der Waals surface area contributed by atoms with E-state index in [1.54, 1.807) is 0 Å². The van der Waals surface area contributed by atoms with Gasteiger partial charge in [-0.05, 0) is 27.0 Å². The van der Waals surface area contributed by atoms with Gasteiger partial charge in [-0.15, -0.1) is 0 Å². The second-order valence-electron chi connectivity index (χ2n) is 4.30. The molecule has 0 saturated heterocycles. The van der Waals surface area contributed by atoms with Crippen LogP contribution in [0.2, 0.25) is 0 Å². The maximum atomic E-state index is 11.0. The molecular formula is C10H15N3O2S. The minimum atomic E-state index is -1.03. The zero-order chi connectivity index (χ0) is 12.3. The molecule has 1 aromatic heterocycles. The number of nitrogens with one attached hydrogen (secondary N) is 1. The number of anilines is 1. The van der Waals surface area contributed by atoms with Gasteiger partial charge >= 0.3 is 5.97 Å². The van der Waals surface area contributed by atoms with Crippen LogP contribution in [0.15, 0.2) is 11.4 Å². The predicted octanol–water partition coefficient (Wildman–Crippen LogP) is 2.11. The molecule has 0 saturated carbocycles. The molecule has 0 fully saturated rings. The van der Waals surface area contributed by atoms with Crippen LogP contribution in [0.1, 0.15) is 31.1 Å². The van der Waals surface area contributed by atoms with Crippen molar-refractivity contribution >= 4 is 23.5 Å². The molecule has 1 heterocycles. The van der Waals surface area contributed by atoms with Gasteiger partial charge in [0.05, 0.1) is 0 Å². The van der Waals surface area contributed by atoms with E-state index in [4.69, 9.17) is 5.11 Å². The maximum Gasteiger partial charge on any atom is 0.341 e. The number of hydrogen-bond acceptors (Lipinski definition) is 5. The van der Waals surface area contributed by atoms with Gasteiger partial charge in [0.15, 0.2) is 5.16 Å². The summed E-state index contributed by atoms with van der Waals surface area (Å²) in [4.78, 5) is 19.1. The zero-order valence-corrected chi connectivity index (χ0v) is 10.6. The minimum Gasteiger partial charge on any atom is -0.477 e. The first-order valence-electron chi connectivity index (χ1n) is 4.76. The summed E-state index contributed by atoms with van der Waals surface area (Å²) in [5, 5.41) is 12.6. The fourth-order valence-corrected chi connectivity index (χ4v) is 1.41. The smallest absolute Gasteiger partial charge is 0.341 e. The van der Waals surface area contributed by atoms with Crippen molar-refractivity contribution in [1.29, 1.82) is 0 Å². The molecule has 0 aromatic carbocycles. The SMILES string of the molecule is CSc1ncc(C(=O)O)c(NC(C)(C)C)n1. The number of carboxylic acids is 1. The van der Waals surface area contributed by atoms with Crippen LogP contribution in [0, 0.1) is 0 Å². The summed E-state index contributed by atoms with van der Waals surface area (Å²) in [6, 6.07) is 0. The van der Waals surface area contributed by atoms with Crippen LogP contribution in [-0.2, 0) is 0 Å². The van der Waals surface area contributed by atoms with E-state index in [0.29, 0.717) is 11.0 Å². The van der Waals surface area contributed by atoms with Crippen LogP contribution in [0.25, 0.3) is 0 Å². The number of aromatic nitrogens is 2. The summed E-state index contributed by atoms with van der Waals surface area (Å²) < 4.78 is 0. The molecule has 1 aromatic rings. The third-order valence-corrected chi connectivity index (χ3v) is 2.23. The monoisotopic (exact) mass is 241 g/mol. The molecule has 0 spiro atoms. The molecule has 5 nitrogen and oxygen atoms in total. The summed E-state index contributed by atoms with van der Waals surface area (Å²) in [5.41, 5.74) is -0.151. The largest absolute Gasteiger partial charge is 0.477 e. The summed E-state index contributed by atoms with van der Waals surface area (Å²) in [7, 11) is 0. The Morgan fingerprint density at radius 1 is 1.50 bits per heavy atom. The van der Waals surface area contributed by atoms with Crippen molar-refractivity contribution in [3.8, 4) is 0 Å². The second kappa shape index (κ2) is 4.69. The average molecular weight is 241 g/mol. The number of rotatable bonds is 3. The van der Waals surface area contributed by atoms with Gasteiger partial charge < -0.3 is 10.4 Å². The van der Waals surface area contributed by atoms with E-state index in [0.717, 1.165) is 0 Å². The van der Waals surface area contributed by atoms with Crippen molar-refractivity contribution in [1.82, 2.24) is 9.97 Å². The molecule has 16 heavy (non-hydrogen) atoms. The molecule has 0 bridgehead atoms. The Balaban J connectivity index is 3.15. The Kier molecular flexibility index (Phi) is 3.74. The highest BCUT2D eigenvalue weighted by Crippen LogP contribution is 2.20. The molecule has 0 amide bonds. The normalized spacial score (nSPS) is 11.2. The highest BCUT2D eigenvalue weighted by Gasteiger charge is 2.18. The van der Waals surface area contributed by atoms with E-state index in [1.807, 2.05) is 27.0 Å². The maximum absolute atomic E-state index is 11.0. The Bertz CT molecular complexity index is 402. The molecule has 0 radical (unpaired) electrons. The van der Waals surface area contributed by atoms with Crippen LogP contribution in [-0.4, -0.2) is 32.8 Å². The molecule has 88 valence electrons. The molecule has 0 aliphatic carbocycles. The lowest BCUT2D eigenvalue weighted by molar-refractivity contribution is 0.0697. The third kappa shape index (κ3) is 3.37. The van der Waals surface area contributed by atoms with Gasteiger partial charge in [-0.25, -0.2) is 14.8 Å². The van der Waals surface area contributed by atoms with E-state index < -0.39 is 5.97 Å². The van der Waals surface area contributed by atoms with Crippen molar-refractivity contribution in [2.75, 3.05) is 11.6 Å². The van der Waals surface area contributed by atoms with Crippen LogP contribution < -0.4 is 5.32 Å². The topological polar surface area (TPSA) is 75.1 Å². The van der Waals surface area contributed by atoms with Crippen molar-refractivity contribution in [3.63, 3.8) is 0 Å². The lowest BCUT2D eigenvalue weighted by atomic mass is 10.1. The van der Waals surface area contributed by atoms with Gasteiger partial charge in [0.25, 0.3) is 0 Å². The Morgan fingerprint density at radius 3 is 2.56 bits per heavy atom. The summed E-state index contributed by atoms with van der Waals surface area (Å²) in [6.07, 6.45) is 3.17. The van der Waals surface area contributed by atoms with Crippen molar-refractivity contribution < 1.29 is 9.90 Å². The number of thioether (sulfide) groups is 1. The van der Waals surface area contributed by atoms with Gasteiger partial charge in [0, 0.05) is 11.7 Å². The molecule has 6 heteroatoms. The Labute approximate surface area is 98.7 Å². The quantitative estimate of drug-likeness (QED) is 0.623. The molecule has 0 atom stereocenters. The second-order valence-corrected chi connectivity index (χ2v) is 5.07. The van der Waals surface area contributed by atoms with Gasteiger partial charge in [0.1, 0.15) is 11.4 Å². The average Bonchev–Trinajstić information content (AvgIpc) is 2.14. The highest BCUT2D eigenvalue weighted by molar-refractivity contribution is 7.98. The van der Waals surface area contributed by atoms with Crippen molar-refractivity contribution in [2.45, 2.75) is 31.5 Å². The van der Waals surface area contributed by atoms with E-state index in [2.05, 4.69) is 15.3 Å².